The number of aryl methyl sites for hydroxylation is 1. The molecule has 0 bridgehead atoms. The van der Waals surface area contributed by atoms with Gasteiger partial charge in [-0.3, -0.25) is 0 Å². The molecule has 3 heteroatoms. The van der Waals surface area contributed by atoms with Crippen LogP contribution in [0.25, 0.3) is 0 Å². The molecule has 0 nitrogen and oxygen atoms in total. The van der Waals surface area contributed by atoms with E-state index in [1.807, 2.05) is 0 Å². The quantitative estimate of drug-likeness (QED) is 0.538. The van der Waals surface area contributed by atoms with Gasteiger partial charge >= 0.3 is 0 Å². The molecule has 0 saturated carbocycles. The predicted octanol–water partition coefficient (Wildman–Crippen LogP) is 3.92. The second-order valence-electron chi connectivity index (χ2n) is 2.82. The molecule has 0 aliphatic carbocycles. The highest BCUT2D eigenvalue weighted by Crippen LogP contribution is 2.19. The van der Waals surface area contributed by atoms with Gasteiger partial charge in [0.15, 0.2) is 0 Å². The highest BCUT2D eigenvalue weighted by atomic mass is 79.9. The number of hydrogen-bond donors (Lipinski definition) is 0. The van der Waals surface area contributed by atoms with Crippen LogP contribution in [0.3, 0.4) is 0 Å². The van der Waals surface area contributed by atoms with Gasteiger partial charge in [0.2, 0.25) is 0 Å². The topological polar surface area (TPSA) is 0 Å². The van der Waals surface area contributed by atoms with Gasteiger partial charge in [-0.1, -0.05) is 39.4 Å². The predicted molar refractivity (Wildman–Crippen MR) is 61.4 cm³/mol. The first-order valence-corrected chi connectivity index (χ1v) is 5.65. The molecule has 1 aromatic rings. The Balaban J connectivity index is 3.00. The van der Waals surface area contributed by atoms with Crippen LogP contribution in [0.4, 0.5) is 4.39 Å². The van der Waals surface area contributed by atoms with Gasteiger partial charge in [-0.25, -0.2) is 4.39 Å². The lowest BCUT2D eigenvalue weighted by atomic mass is 10.1. The zero-order chi connectivity index (χ0) is 10.6. The van der Waals surface area contributed by atoms with Gasteiger partial charge in [-0.15, -0.1) is 0 Å². The van der Waals surface area contributed by atoms with Crippen molar-refractivity contribution in [3.63, 3.8) is 0 Å². The Hall–Kier alpha value is -0.520. The van der Waals surface area contributed by atoms with Gasteiger partial charge < -0.3 is 0 Å². The molecule has 0 aromatic heterocycles. The molecule has 0 saturated heterocycles. The highest BCUT2D eigenvalue weighted by Gasteiger charge is 2.02. The summed E-state index contributed by atoms with van der Waals surface area (Å²) in [6.45, 7) is 1.68. The summed E-state index contributed by atoms with van der Waals surface area (Å²) in [6, 6.07) is 2.97. The van der Waals surface area contributed by atoms with Gasteiger partial charge in [0.05, 0.1) is 5.02 Å². The van der Waals surface area contributed by atoms with E-state index >= 15 is 0 Å². The Labute approximate surface area is 96.6 Å². The summed E-state index contributed by atoms with van der Waals surface area (Å²) in [6.07, 6.45) is 0.728. The third-order valence-electron chi connectivity index (χ3n) is 1.69. The van der Waals surface area contributed by atoms with Crippen molar-refractivity contribution < 1.29 is 4.39 Å². The summed E-state index contributed by atoms with van der Waals surface area (Å²) in [5.41, 5.74) is 1.09. The zero-order valence-electron chi connectivity index (χ0n) is 7.70. The molecule has 1 aromatic carbocycles. The van der Waals surface area contributed by atoms with Crippen molar-refractivity contribution in [1.29, 1.82) is 0 Å². The maximum atomic E-state index is 13.1. The normalized spacial score (nSPS) is 9.43. The molecule has 0 N–H and O–H groups in total. The van der Waals surface area contributed by atoms with Gasteiger partial charge in [-0.2, -0.15) is 0 Å². The fourth-order valence-corrected chi connectivity index (χ4v) is 1.41. The van der Waals surface area contributed by atoms with E-state index < -0.39 is 0 Å². The molecule has 0 spiro atoms. The summed E-state index contributed by atoms with van der Waals surface area (Å²) in [5.74, 6) is 5.45. The van der Waals surface area contributed by atoms with E-state index in [2.05, 4.69) is 27.8 Å². The fraction of sp³-hybridized carbons (Fsp3) is 0.273. The minimum Gasteiger partial charge on any atom is -0.207 e. The molecule has 0 amide bonds. The number of alkyl halides is 1. The van der Waals surface area contributed by atoms with E-state index in [1.165, 1.54) is 6.07 Å². The second kappa shape index (κ2) is 5.38. The first kappa shape index (κ1) is 11.6. The Bertz CT molecular complexity index is 390. The van der Waals surface area contributed by atoms with Crippen LogP contribution in [0.15, 0.2) is 12.1 Å². The maximum absolute atomic E-state index is 13.1. The third-order valence-corrected chi connectivity index (χ3v) is 2.40. The molecule has 14 heavy (non-hydrogen) atoms. The first-order valence-electron chi connectivity index (χ1n) is 4.15. The van der Waals surface area contributed by atoms with Crippen LogP contribution >= 0.6 is 27.5 Å². The molecule has 0 atom stereocenters. The highest BCUT2D eigenvalue weighted by molar-refractivity contribution is 9.09. The number of benzene rings is 1. The van der Waals surface area contributed by atoms with E-state index in [0.717, 1.165) is 11.8 Å². The van der Waals surface area contributed by atoms with Crippen molar-refractivity contribution in [1.82, 2.24) is 0 Å². The summed E-state index contributed by atoms with van der Waals surface area (Å²) in [7, 11) is 0. The third kappa shape index (κ3) is 3.01. The standard InChI is InChI=1S/C11H9BrClF/c1-8-6-10(13)9(7-11(8)14)4-2-3-5-12/h6-7H,3,5H2,1H3. The molecule has 0 aliphatic rings. The van der Waals surface area contributed by atoms with Crippen molar-refractivity contribution in [2.45, 2.75) is 13.3 Å². The molecule has 0 aliphatic heterocycles. The van der Waals surface area contributed by atoms with Crippen molar-refractivity contribution in [2.24, 2.45) is 0 Å². The van der Waals surface area contributed by atoms with Crippen LogP contribution in [-0.2, 0) is 0 Å². The molecule has 1 rings (SSSR count). The van der Waals surface area contributed by atoms with Crippen LogP contribution in [0, 0.1) is 24.6 Å². The molecule has 0 unspecified atom stereocenters. The molecule has 0 fully saturated rings. The van der Waals surface area contributed by atoms with Crippen LogP contribution in [-0.4, -0.2) is 5.33 Å². The molecule has 0 radical (unpaired) electrons. The maximum Gasteiger partial charge on any atom is 0.127 e. The van der Waals surface area contributed by atoms with Gasteiger partial charge in [0.1, 0.15) is 5.82 Å². The van der Waals surface area contributed by atoms with Crippen LogP contribution in [0.2, 0.25) is 5.02 Å². The minimum absolute atomic E-state index is 0.266. The summed E-state index contributed by atoms with van der Waals surface area (Å²) in [5, 5.41) is 1.32. The van der Waals surface area contributed by atoms with Crippen molar-refractivity contribution in [3.05, 3.63) is 34.1 Å². The number of rotatable bonds is 1. The second-order valence-corrected chi connectivity index (χ2v) is 4.02. The lowest BCUT2D eigenvalue weighted by molar-refractivity contribution is 0.618. The fourth-order valence-electron chi connectivity index (χ4n) is 0.947. The smallest absolute Gasteiger partial charge is 0.127 e. The SMILES string of the molecule is Cc1cc(Cl)c(C#CCCBr)cc1F. The minimum atomic E-state index is -0.266. The average molecular weight is 276 g/mol. The summed E-state index contributed by atoms with van der Waals surface area (Å²) < 4.78 is 13.1. The lowest BCUT2D eigenvalue weighted by Gasteiger charge is -1.99. The van der Waals surface area contributed by atoms with Crippen molar-refractivity contribution >= 4 is 27.5 Å². The van der Waals surface area contributed by atoms with E-state index in [9.17, 15) is 4.39 Å². The Morgan fingerprint density at radius 3 is 2.86 bits per heavy atom. The summed E-state index contributed by atoms with van der Waals surface area (Å²) in [4.78, 5) is 0. The lowest BCUT2D eigenvalue weighted by Crippen LogP contribution is -1.86. The first-order chi connectivity index (χ1) is 6.65. The molecular formula is C11H9BrClF. The Morgan fingerprint density at radius 1 is 1.50 bits per heavy atom. The average Bonchev–Trinajstić information content (AvgIpc) is 2.14. The monoisotopic (exact) mass is 274 g/mol. The van der Waals surface area contributed by atoms with E-state index in [1.54, 1.807) is 13.0 Å². The van der Waals surface area contributed by atoms with E-state index in [4.69, 9.17) is 11.6 Å². The molecule has 74 valence electrons. The largest absolute Gasteiger partial charge is 0.207 e. The van der Waals surface area contributed by atoms with Crippen LogP contribution in [0.1, 0.15) is 17.5 Å². The van der Waals surface area contributed by atoms with Crippen molar-refractivity contribution in [2.75, 3.05) is 5.33 Å². The zero-order valence-corrected chi connectivity index (χ0v) is 10.0. The van der Waals surface area contributed by atoms with Gasteiger partial charge in [-0.05, 0) is 24.6 Å². The molecule has 0 heterocycles. The Morgan fingerprint density at radius 2 is 2.21 bits per heavy atom. The summed E-state index contributed by atoms with van der Waals surface area (Å²) >= 11 is 9.16. The number of halogens is 3. The molecular weight excluding hydrogens is 266 g/mol. The number of hydrogen-bond acceptors (Lipinski definition) is 0. The van der Waals surface area contributed by atoms with Crippen LogP contribution < -0.4 is 0 Å². The van der Waals surface area contributed by atoms with E-state index in [0.29, 0.717) is 16.1 Å². The van der Waals surface area contributed by atoms with Crippen molar-refractivity contribution in [3.8, 4) is 11.8 Å². The van der Waals surface area contributed by atoms with Gasteiger partial charge in [0, 0.05) is 17.3 Å². The Kier molecular flexibility index (Phi) is 4.44. The van der Waals surface area contributed by atoms with E-state index in [-0.39, 0.29) is 5.82 Å². The van der Waals surface area contributed by atoms with Gasteiger partial charge in [0.25, 0.3) is 0 Å². The van der Waals surface area contributed by atoms with Crippen LogP contribution in [0.5, 0.6) is 0 Å².